The van der Waals surface area contributed by atoms with Crippen molar-refractivity contribution in [2.75, 3.05) is 6.54 Å². The van der Waals surface area contributed by atoms with Gasteiger partial charge in [-0.1, -0.05) is 12.1 Å². The second-order valence-corrected chi connectivity index (χ2v) is 5.82. The molecule has 2 aromatic heterocycles. The Hall–Kier alpha value is -3.15. The number of fused-ring (bicyclic) bond motifs is 1. The first-order chi connectivity index (χ1) is 12.0. The molecule has 2 heterocycles. The SMILES string of the molecule is Cc1ccc2c(=O)cc(C(=O)NCCCn3ccccc3=O)oc2c1. The van der Waals surface area contributed by atoms with Gasteiger partial charge in [0.05, 0.1) is 5.39 Å². The van der Waals surface area contributed by atoms with E-state index in [0.29, 0.717) is 30.5 Å². The quantitative estimate of drug-likeness (QED) is 0.722. The van der Waals surface area contributed by atoms with E-state index in [1.54, 1.807) is 35.0 Å². The van der Waals surface area contributed by atoms with Gasteiger partial charge in [0.1, 0.15) is 5.58 Å². The summed E-state index contributed by atoms with van der Waals surface area (Å²) in [6.07, 6.45) is 2.29. The minimum absolute atomic E-state index is 0.0139. The summed E-state index contributed by atoms with van der Waals surface area (Å²) in [5.41, 5.74) is 1.02. The van der Waals surface area contributed by atoms with Crippen LogP contribution in [0.25, 0.3) is 11.0 Å². The summed E-state index contributed by atoms with van der Waals surface area (Å²) >= 11 is 0. The molecule has 0 aliphatic rings. The van der Waals surface area contributed by atoms with E-state index in [1.807, 2.05) is 13.0 Å². The second-order valence-electron chi connectivity index (χ2n) is 5.82. The van der Waals surface area contributed by atoms with E-state index in [9.17, 15) is 14.4 Å². The van der Waals surface area contributed by atoms with Crippen molar-refractivity contribution in [2.45, 2.75) is 19.9 Å². The highest BCUT2D eigenvalue weighted by Crippen LogP contribution is 2.14. The number of nitrogens with zero attached hydrogens (tertiary/aromatic N) is 1. The molecule has 1 amide bonds. The Kier molecular flexibility index (Phi) is 4.79. The Labute approximate surface area is 143 Å². The van der Waals surface area contributed by atoms with Crippen molar-refractivity contribution in [1.29, 1.82) is 0 Å². The van der Waals surface area contributed by atoms with Crippen LogP contribution in [0.3, 0.4) is 0 Å². The van der Waals surface area contributed by atoms with Gasteiger partial charge in [0.2, 0.25) is 5.56 Å². The van der Waals surface area contributed by atoms with Gasteiger partial charge in [-0.15, -0.1) is 0 Å². The molecule has 0 aliphatic carbocycles. The number of rotatable bonds is 5. The van der Waals surface area contributed by atoms with Crippen molar-refractivity contribution in [2.24, 2.45) is 0 Å². The van der Waals surface area contributed by atoms with Gasteiger partial charge >= 0.3 is 0 Å². The molecule has 0 radical (unpaired) electrons. The molecule has 6 heteroatoms. The summed E-state index contributed by atoms with van der Waals surface area (Å²) < 4.78 is 7.13. The lowest BCUT2D eigenvalue weighted by Gasteiger charge is -2.07. The summed E-state index contributed by atoms with van der Waals surface area (Å²) in [4.78, 5) is 35.9. The minimum atomic E-state index is -0.444. The van der Waals surface area contributed by atoms with Crippen molar-refractivity contribution >= 4 is 16.9 Å². The molecule has 6 nitrogen and oxygen atoms in total. The van der Waals surface area contributed by atoms with Crippen molar-refractivity contribution < 1.29 is 9.21 Å². The molecule has 0 bridgehead atoms. The van der Waals surface area contributed by atoms with Crippen LogP contribution in [0.1, 0.15) is 22.5 Å². The molecule has 3 aromatic rings. The van der Waals surface area contributed by atoms with Gasteiger partial charge in [0.15, 0.2) is 11.2 Å². The number of aromatic nitrogens is 1. The number of carbonyl (C=O) groups excluding carboxylic acids is 1. The van der Waals surface area contributed by atoms with E-state index < -0.39 is 5.91 Å². The molecule has 0 aliphatic heterocycles. The molecular weight excluding hydrogens is 320 g/mol. The molecule has 0 unspecified atom stereocenters. The number of aryl methyl sites for hydroxylation is 2. The van der Waals surface area contributed by atoms with Gasteiger partial charge < -0.3 is 14.3 Å². The Morgan fingerprint density at radius 1 is 1.16 bits per heavy atom. The van der Waals surface area contributed by atoms with Gasteiger partial charge in [-0.3, -0.25) is 14.4 Å². The molecular formula is C19H18N2O4. The van der Waals surface area contributed by atoms with Crippen LogP contribution in [0, 0.1) is 6.92 Å². The van der Waals surface area contributed by atoms with E-state index >= 15 is 0 Å². The first kappa shape index (κ1) is 16.7. The standard InChI is InChI=1S/C19H18N2O4/c1-13-6-7-14-15(22)12-17(25-16(14)11-13)19(24)20-8-4-10-21-9-3-2-5-18(21)23/h2-3,5-7,9,11-12H,4,8,10H2,1H3,(H,20,24). The van der Waals surface area contributed by atoms with Crippen LogP contribution >= 0.6 is 0 Å². The van der Waals surface area contributed by atoms with Crippen molar-refractivity contribution in [3.8, 4) is 0 Å². The van der Waals surface area contributed by atoms with E-state index in [1.165, 1.54) is 12.1 Å². The maximum absolute atomic E-state index is 12.2. The molecule has 1 N–H and O–H groups in total. The Balaban J connectivity index is 1.65. The highest BCUT2D eigenvalue weighted by molar-refractivity contribution is 5.93. The van der Waals surface area contributed by atoms with Crippen LogP contribution in [0.5, 0.6) is 0 Å². The highest BCUT2D eigenvalue weighted by Gasteiger charge is 2.12. The van der Waals surface area contributed by atoms with Gasteiger partial charge in [0.25, 0.3) is 5.91 Å². The fourth-order valence-electron chi connectivity index (χ4n) is 2.56. The Morgan fingerprint density at radius 3 is 2.80 bits per heavy atom. The molecule has 0 atom stereocenters. The zero-order valence-corrected chi connectivity index (χ0v) is 13.8. The van der Waals surface area contributed by atoms with E-state index in [4.69, 9.17) is 4.42 Å². The normalized spacial score (nSPS) is 10.8. The van der Waals surface area contributed by atoms with Crippen LogP contribution in [0.4, 0.5) is 0 Å². The van der Waals surface area contributed by atoms with Crippen molar-refractivity contribution in [1.82, 2.24) is 9.88 Å². The maximum Gasteiger partial charge on any atom is 0.287 e. The van der Waals surface area contributed by atoms with Crippen LogP contribution in [0.15, 0.2) is 62.7 Å². The summed E-state index contributed by atoms with van der Waals surface area (Å²) in [5.74, 6) is -0.458. The average molecular weight is 338 g/mol. The van der Waals surface area contributed by atoms with E-state index in [0.717, 1.165) is 5.56 Å². The number of benzene rings is 1. The molecule has 128 valence electrons. The topological polar surface area (TPSA) is 81.3 Å². The van der Waals surface area contributed by atoms with Crippen molar-refractivity contribution in [3.05, 3.63) is 80.6 Å². The number of carbonyl (C=O) groups is 1. The Morgan fingerprint density at radius 2 is 2.00 bits per heavy atom. The summed E-state index contributed by atoms with van der Waals surface area (Å²) in [7, 11) is 0. The second kappa shape index (κ2) is 7.17. The fraction of sp³-hybridized carbons (Fsp3) is 0.211. The molecule has 3 rings (SSSR count). The van der Waals surface area contributed by atoms with Gasteiger partial charge in [0, 0.05) is 31.4 Å². The first-order valence-corrected chi connectivity index (χ1v) is 8.03. The van der Waals surface area contributed by atoms with Crippen molar-refractivity contribution in [3.63, 3.8) is 0 Å². The van der Waals surface area contributed by atoms with E-state index in [2.05, 4.69) is 5.32 Å². The van der Waals surface area contributed by atoms with Crippen LogP contribution in [0.2, 0.25) is 0 Å². The Bertz CT molecular complexity index is 1030. The third kappa shape index (κ3) is 3.85. The zero-order valence-electron chi connectivity index (χ0n) is 13.8. The number of hydrogen-bond acceptors (Lipinski definition) is 4. The molecule has 0 fully saturated rings. The van der Waals surface area contributed by atoms with Gasteiger partial charge in [-0.25, -0.2) is 0 Å². The largest absolute Gasteiger partial charge is 0.451 e. The smallest absolute Gasteiger partial charge is 0.287 e. The molecule has 25 heavy (non-hydrogen) atoms. The lowest BCUT2D eigenvalue weighted by atomic mass is 10.1. The van der Waals surface area contributed by atoms with Crippen LogP contribution < -0.4 is 16.3 Å². The minimum Gasteiger partial charge on any atom is -0.451 e. The third-order valence-corrected chi connectivity index (χ3v) is 3.87. The lowest BCUT2D eigenvalue weighted by Crippen LogP contribution is -2.27. The predicted octanol–water partition coefficient (Wildman–Crippen LogP) is 2.08. The highest BCUT2D eigenvalue weighted by atomic mass is 16.3. The fourth-order valence-corrected chi connectivity index (χ4v) is 2.56. The third-order valence-electron chi connectivity index (χ3n) is 3.87. The van der Waals surface area contributed by atoms with Gasteiger partial charge in [-0.2, -0.15) is 0 Å². The molecule has 0 saturated carbocycles. The number of amides is 1. The molecule has 0 saturated heterocycles. The zero-order chi connectivity index (χ0) is 17.8. The lowest BCUT2D eigenvalue weighted by molar-refractivity contribution is 0.0925. The van der Waals surface area contributed by atoms with E-state index in [-0.39, 0.29) is 16.7 Å². The number of pyridine rings is 1. The van der Waals surface area contributed by atoms with Crippen LogP contribution in [-0.4, -0.2) is 17.0 Å². The molecule has 1 aromatic carbocycles. The predicted molar refractivity (Wildman–Crippen MR) is 94.9 cm³/mol. The van der Waals surface area contributed by atoms with Crippen LogP contribution in [-0.2, 0) is 6.54 Å². The monoisotopic (exact) mass is 338 g/mol. The number of nitrogens with one attached hydrogen (secondary N) is 1. The maximum atomic E-state index is 12.2. The number of hydrogen-bond donors (Lipinski definition) is 1. The molecule has 0 spiro atoms. The van der Waals surface area contributed by atoms with Gasteiger partial charge in [-0.05, 0) is 37.1 Å². The first-order valence-electron chi connectivity index (χ1n) is 8.03. The summed E-state index contributed by atoms with van der Waals surface area (Å²) in [6.45, 7) is 2.76. The average Bonchev–Trinajstić information content (AvgIpc) is 2.59. The summed E-state index contributed by atoms with van der Waals surface area (Å²) in [5, 5.41) is 3.16. The summed E-state index contributed by atoms with van der Waals surface area (Å²) in [6, 6.07) is 11.4.